The van der Waals surface area contributed by atoms with E-state index in [-0.39, 0.29) is 24.3 Å². The van der Waals surface area contributed by atoms with Crippen LogP contribution >= 0.6 is 12.4 Å². The molecule has 1 aromatic carbocycles. The molecule has 2 saturated heterocycles. The number of anilines is 1. The number of piperidine rings is 1. The molecule has 2 fully saturated rings. The third-order valence-electron chi connectivity index (χ3n) is 5.75. The molecule has 1 N–H and O–H groups in total. The number of nitrogens with one attached hydrogen (secondary N) is 1. The van der Waals surface area contributed by atoms with Crippen molar-refractivity contribution in [1.82, 2.24) is 10.2 Å². The standard InChI is InChI=1S/C21H28FN3O4.ClH/c1-20(2,3)29-19(27)25-10-8-24(9-11-25)14-12-15-17(16(22)13-14)21(28-18(15)26)4-6-23-7-5-21;/h12-13,23H,4-11H2,1-3H3;1H. The van der Waals surface area contributed by atoms with Crippen LogP contribution in [0.2, 0.25) is 0 Å². The number of hydrogen-bond donors (Lipinski definition) is 1. The molecule has 0 bridgehead atoms. The SMILES string of the molecule is CC(C)(C)OC(=O)N1CCN(c2cc(F)c3c(c2)C(=O)OC32CCNCC2)CC1.Cl. The molecule has 7 nitrogen and oxygen atoms in total. The second kappa shape index (κ2) is 8.23. The number of esters is 1. The Labute approximate surface area is 182 Å². The molecule has 0 saturated carbocycles. The molecule has 0 unspecified atom stereocenters. The van der Waals surface area contributed by atoms with Crippen LogP contribution in [0.15, 0.2) is 12.1 Å². The van der Waals surface area contributed by atoms with Crippen molar-refractivity contribution in [2.75, 3.05) is 44.2 Å². The Morgan fingerprint density at radius 2 is 1.80 bits per heavy atom. The number of rotatable bonds is 1. The number of carbonyl (C=O) groups is 2. The van der Waals surface area contributed by atoms with Crippen LogP contribution in [-0.4, -0.2) is 61.8 Å². The van der Waals surface area contributed by atoms with E-state index < -0.39 is 17.2 Å². The van der Waals surface area contributed by atoms with Gasteiger partial charge in [-0.3, -0.25) is 0 Å². The predicted octanol–water partition coefficient (Wildman–Crippen LogP) is 3.05. The number of hydrogen-bond acceptors (Lipinski definition) is 6. The van der Waals surface area contributed by atoms with Crippen LogP contribution in [0.3, 0.4) is 0 Å². The van der Waals surface area contributed by atoms with Gasteiger partial charge in [0.15, 0.2) is 0 Å². The van der Waals surface area contributed by atoms with Crippen molar-refractivity contribution in [3.63, 3.8) is 0 Å². The van der Waals surface area contributed by atoms with Crippen molar-refractivity contribution in [3.8, 4) is 0 Å². The van der Waals surface area contributed by atoms with E-state index in [9.17, 15) is 9.59 Å². The van der Waals surface area contributed by atoms with E-state index in [2.05, 4.69) is 5.32 Å². The van der Waals surface area contributed by atoms with Gasteiger partial charge in [-0.15, -0.1) is 12.4 Å². The first-order valence-corrected chi connectivity index (χ1v) is 10.2. The second-order valence-corrected chi connectivity index (χ2v) is 8.94. The maximum Gasteiger partial charge on any atom is 0.410 e. The maximum atomic E-state index is 15.1. The van der Waals surface area contributed by atoms with Gasteiger partial charge < -0.3 is 24.6 Å². The minimum absolute atomic E-state index is 0. The van der Waals surface area contributed by atoms with Gasteiger partial charge in [0.05, 0.1) is 5.56 Å². The molecule has 4 rings (SSSR count). The molecule has 30 heavy (non-hydrogen) atoms. The van der Waals surface area contributed by atoms with Gasteiger partial charge in [-0.25, -0.2) is 14.0 Å². The average molecular weight is 442 g/mol. The summed E-state index contributed by atoms with van der Waals surface area (Å²) in [6.07, 6.45) is 0.821. The molecule has 9 heteroatoms. The third-order valence-corrected chi connectivity index (χ3v) is 5.75. The fraction of sp³-hybridized carbons (Fsp3) is 0.619. The third kappa shape index (κ3) is 4.21. The number of amides is 1. The molecule has 0 atom stereocenters. The lowest BCUT2D eigenvalue weighted by Gasteiger charge is -2.37. The van der Waals surface area contributed by atoms with Crippen LogP contribution < -0.4 is 10.2 Å². The molecule has 1 spiro atoms. The van der Waals surface area contributed by atoms with Crippen LogP contribution in [0.4, 0.5) is 14.9 Å². The highest BCUT2D eigenvalue weighted by atomic mass is 35.5. The Bertz CT molecular complexity index is 828. The van der Waals surface area contributed by atoms with Gasteiger partial charge in [-0.2, -0.15) is 0 Å². The first-order chi connectivity index (χ1) is 13.7. The van der Waals surface area contributed by atoms with E-state index in [1.807, 2.05) is 25.7 Å². The molecule has 0 aromatic heterocycles. The van der Waals surface area contributed by atoms with E-state index in [4.69, 9.17) is 9.47 Å². The fourth-order valence-electron chi connectivity index (χ4n) is 4.34. The Balaban J connectivity index is 0.00000256. The predicted molar refractivity (Wildman–Crippen MR) is 113 cm³/mol. The lowest BCUT2D eigenvalue weighted by Crippen LogP contribution is -2.50. The smallest absolute Gasteiger partial charge is 0.410 e. The van der Waals surface area contributed by atoms with Crippen LogP contribution in [0, 0.1) is 5.82 Å². The first-order valence-electron chi connectivity index (χ1n) is 10.2. The Hall–Kier alpha value is -2.06. The summed E-state index contributed by atoms with van der Waals surface area (Å²) in [5, 5.41) is 3.23. The average Bonchev–Trinajstić information content (AvgIpc) is 2.93. The molecule has 166 valence electrons. The summed E-state index contributed by atoms with van der Waals surface area (Å²) >= 11 is 0. The van der Waals surface area contributed by atoms with Gasteiger partial charge in [0.1, 0.15) is 17.0 Å². The summed E-state index contributed by atoms with van der Waals surface area (Å²) in [7, 11) is 0. The summed E-state index contributed by atoms with van der Waals surface area (Å²) in [6, 6.07) is 3.23. The highest BCUT2D eigenvalue weighted by Gasteiger charge is 2.48. The minimum Gasteiger partial charge on any atom is -0.450 e. The zero-order valence-corrected chi connectivity index (χ0v) is 18.4. The zero-order valence-electron chi connectivity index (χ0n) is 17.6. The first kappa shape index (κ1) is 22.6. The fourth-order valence-corrected chi connectivity index (χ4v) is 4.34. The van der Waals surface area contributed by atoms with E-state index >= 15 is 4.39 Å². The number of carbonyl (C=O) groups excluding carboxylic acids is 2. The zero-order chi connectivity index (χ0) is 20.8. The number of fused-ring (bicyclic) bond motifs is 2. The van der Waals surface area contributed by atoms with Gasteiger partial charge >= 0.3 is 12.1 Å². The Morgan fingerprint density at radius 1 is 1.17 bits per heavy atom. The van der Waals surface area contributed by atoms with Gasteiger partial charge in [-0.1, -0.05) is 0 Å². The van der Waals surface area contributed by atoms with Crippen LogP contribution in [0.1, 0.15) is 49.5 Å². The van der Waals surface area contributed by atoms with Gasteiger partial charge in [-0.05, 0) is 46.0 Å². The number of ether oxygens (including phenoxy) is 2. The largest absolute Gasteiger partial charge is 0.450 e. The molecule has 0 aliphatic carbocycles. The van der Waals surface area contributed by atoms with E-state index in [0.29, 0.717) is 68.9 Å². The number of piperazine rings is 1. The molecule has 1 amide bonds. The normalized spacial score (nSPS) is 20.5. The van der Waals surface area contributed by atoms with Crippen molar-refractivity contribution in [1.29, 1.82) is 0 Å². The van der Waals surface area contributed by atoms with E-state index in [1.54, 1.807) is 11.0 Å². The topological polar surface area (TPSA) is 71.1 Å². The van der Waals surface area contributed by atoms with Crippen molar-refractivity contribution in [2.24, 2.45) is 0 Å². The molecule has 3 aliphatic rings. The van der Waals surface area contributed by atoms with Gasteiger partial charge in [0.2, 0.25) is 0 Å². The minimum atomic E-state index is -0.838. The molecule has 1 aromatic rings. The van der Waals surface area contributed by atoms with E-state index in [1.165, 1.54) is 6.07 Å². The Kier molecular flexibility index (Phi) is 6.20. The van der Waals surface area contributed by atoms with Crippen molar-refractivity contribution in [2.45, 2.75) is 44.8 Å². The van der Waals surface area contributed by atoms with E-state index in [0.717, 1.165) is 0 Å². The number of nitrogens with zero attached hydrogens (tertiary/aromatic N) is 2. The molecule has 0 radical (unpaired) electrons. The highest BCUT2D eigenvalue weighted by molar-refractivity contribution is 5.96. The summed E-state index contributed by atoms with van der Waals surface area (Å²) in [5.74, 6) is -0.838. The lowest BCUT2D eigenvalue weighted by molar-refractivity contribution is -0.0255. The second-order valence-electron chi connectivity index (χ2n) is 8.94. The van der Waals surface area contributed by atoms with Crippen LogP contribution in [0.5, 0.6) is 0 Å². The monoisotopic (exact) mass is 441 g/mol. The van der Waals surface area contributed by atoms with Gasteiger partial charge in [0, 0.05) is 50.3 Å². The van der Waals surface area contributed by atoms with Crippen LogP contribution in [0.25, 0.3) is 0 Å². The summed E-state index contributed by atoms with van der Waals surface area (Å²) in [5.41, 5.74) is 0.00229. The lowest BCUT2D eigenvalue weighted by atomic mass is 9.84. The van der Waals surface area contributed by atoms with Crippen molar-refractivity contribution < 1.29 is 23.5 Å². The summed E-state index contributed by atoms with van der Waals surface area (Å²) in [6.45, 7) is 8.94. The molecule has 3 aliphatic heterocycles. The number of benzene rings is 1. The van der Waals surface area contributed by atoms with Gasteiger partial charge in [0.25, 0.3) is 0 Å². The summed E-state index contributed by atoms with van der Waals surface area (Å²) in [4.78, 5) is 28.4. The van der Waals surface area contributed by atoms with Crippen molar-refractivity contribution in [3.05, 3.63) is 29.1 Å². The molecule has 3 heterocycles. The maximum absolute atomic E-state index is 15.1. The molecular weight excluding hydrogens is 413 g/mol. The van der Waals surface area contributed by atoms with Crippen molar-refractivity contribution >= 4 is 30.2 Å². The highest BCUT2D eigenvalue weighted by Crippen LogP contribution is 2.45. The quantitative estimate of drug-likeness (QED) is 0.675. The number of halogens is 2. The molecular formula is C21H29ClFN3O4. The summed E-state index contributed by atoms with van der Waals surface area (Å²) < 4.78 is 26.2. The Morgan fingerprint density at radius 3 is 2.40 bits per heavy atom. The van der Waals surface area contributed by atoms with Crippen LogP contribution in [-0.2, 0) is 15.1 Å².